The van der Waals surface area contributed by atoms with Gasteiger partial charge in [-0.3, -0.25) is 4.98 Å². The number of anilines is 1. The number of pyridine rings is 1. The largest absolute Gasteiger partial charge is 0.358 e. The van der Waals surface area contributed by atoms with E-state index in [1.807, 2.05) is 12.1 Å². The zero-order valence-electron chi connectivity index (χ0n) is 10.5. The summed E-state index contributed by atoms with van der Waals surface area (Å²) in [4.78, 5) is 15.2. The van der Waals surface area contributed by atoms with Crippen LogP contribution in [0.1, 0.15) is 12.8 Å². The Hall–Kier alpha value is -1.75. The Morgan fingerprint density at radius 3 is 3.06 bits per heavy atom. The average molecular weight is 243 g/mol. The standard InChI is InChI=1S/C13H17N5/c1-18(9-10-3-2-6-14-10)12-5-4-11-13(17-12)16-8-7-15-11/h4-5,7-8,10,14H,2-3,6,9H2,1H3. The molecule has 0 saturated carbocycles. The SMILES string of the molecule is CN(CC1CCCN1)c1ccc2nccnc2n1. The molecule has 0 amide bonds. The molecule has 1 atom stereocenters. The molecule has 1 N–H and O–H groups in total. The van der Waals surface area contributed by atoms with Crippen LogP contribution in [-0.4, -0.2) is 41.1 Å². The third kappa shape index (κ3) is 2.26. The number of nitrogens with one attached hydrogen (secondary N) is 1. The summed E-state index contributed by atoms with van der Waals surface area (Å²) in [6, 6.07) is 4.56. The lowest BCUT2D eigenvalue weighted by Gasteiger charge is -2.22. The van der Waals surface area contributed by atoms with Crippen LogP contribution in [0.2, 0.25) is 0 Å². The molecular weight excluding hydrogens is 226 g/mol. The predicted molar refractivity (Wildman–Crippen MR) is 71.6 cm³/mol. The predicted octanol–water partition coefficient (Wildman–Crippen LogP) is 1.21. The minimum atomic E-state index is 0.578. The molecule has 0 spiro atoms. The summed E-state index contributed by atoms with van der Waals surface area (Å²) in [5.41, 5.74) is 1.55. The molecular formula is C13H17N5. The van der Waals surface area contributed by atoms with Gasteiger partial charge in [0.25, 0.3) is 0 Å². The fraction of sp³-hybridized carbons (Fsp3) is 0.462. The highest BCUT2D eigenvalue weighted by molar-refractivity contribution is 5.71. The van der Waals surface area contributed by atoms with Gasteiger partial charge in [-0.25, -0.2) is 9.97 Å². The summed E-state index contributed by atoms with van der Waals surface area (Å²) < 4.78 is 0. The molecule has 1 aliphatic rings. The molecule has 2 aromatic rings. The zero-order chi connectivity index (χ0) is 12.4. The lowest BCUT2D eigenvalue weighted by molar-refractivity contribution is 0.597. The van der Waals surface area contributed by atoms with Crippen LogP contribution in [0, 0.1) is 0 Å². The fourth-order valence-electron chi connectivity index (χ4n) is 2.39. The summed E-state index contributed by atoms with van der Waals surface area (Å²) in [5, 5.41) is 3.50. The van der Waals surface area contributed by atoms with Crippen molar-refractivity contribution in [1.82, 2.24) is 20.3 Å². The topological polar surface area (TPSA) is 53.9 Å². The number of fused-ring (bicyclic) bond motifs is 1. The quantitative estimate of drug-likeness (QED) is 0.878. The number of hydrogen-bond donors (Lipinski definition) is 1. The molecule has 2 aromatic heterocycles. The maximum Gasteiger partial charge on any atom is 0.180 e. The van der Waals surface area contributed by atoms with Crippen LogP contribution in [0.3, 0.4) is 0 Å². The lowest BCUT2D eigenvalue weighted by atomic mass is 10.2. The van der Waals surface area contributed by atoms with Crippen molar-refractivity contribution < 1.29 is 0 Å². The molecule has 3 rings (SSSR count). The van der Waals surface area contributed by atoms with Crippen molar-refractivity contribution in [2.45, 2.75) is 18.9 Å². The van der Waals surface area contributed by atoms with Gasteiger partial charge in [0.05, 0.1) is 0 Å². The van der Waals surface area contributed by atoms with Gasteiger partial charge in [0.2, 0.25) is 0 Å². The van der Waals surface area contributed by atoms with Gasteiger partial charge in [0.15, 0.2) is 5.65 Å². The van der Waals surface area contributed by atoms with Crippen LogP contribution < -0.4 is 10.2 Å². The Balaban J connectivity index is 1.80. The lowest BCUT2D eigenvalue weighted by Crippen LogP contribution is -2.35. The fourth-order valence-corrected chi connectivity index (χ4v) is 2.39. The number of nitrogens with zero attached hydrogens (tertiary/aromatic N) is 4. The molecule has 0 aromatic carbocycles. The van der Waals surface area contributed by atoms with E-state index in [0.717, 1.165) is 24.4 Å². The first-order valence-corrected chi connectivity index (χ1v) is 6.35. The molecule has 0 radical (unpaired) electrons. The van der Waals surface area contributed by atoms with E-state index in [0.29, 0.717) is 11.7 Å². The Kier molecular flexibility index (Phi) is 3.06. The van der Waals surface area contributed by atoms with E-state index in [1.54, 1.807) is 12.4 Å². The summed E-state index contributed by atoms with van der Waals surface area (Å²) in [6.07, 6.45) is 5.89. The monoisotopic (exact) mass is 243 g/mol. The van der Waals surface area contributed by atoms with Crippen LogP contribution in [0.25, 0.3) is 11.2 Å². The van der Waals surface area contributed by atoms with Gasteiger partial charge in [-0.05, 0) is 31.5 Å². The van der Waals surface area contributed by atoms with Gasteiger partial charge in [-0.15, -0.1) is 0 Å². The molecule has 5 heteroatoms. The van der Waals surface area contributed by atoms with Gasteiger partial charge in [-0.1, -0.05) is 0 Å². The molecule has 1 aliphatic heterocycles. The molecule has 1 saturated heterocycles. The van der Waals surface area contributed by atoms with Crippen molar-refractivity contribution in [3.05, 3.63) is 24.5 Å². The van der Waals surface area contributed by atoms with Gasteiger partial charge in [-0.2, -0.15) is 0 Å². The van der Waals surface area contributed by atoms with Gasteiger partial charge >= 0.3 is 0 Å². The number of aromatic nitrogens is 3. The Bertz CT molecular complexity index is 536. The Morgan fingerprint density at radius 2 is 2.22 bits per heavy atom. The van der Waals surface area contributed by atoms with Crippen LogP contribution in [0.5, 0.6) is 0 Å². The molecule has 5 nitrogen and oxygen atoms in total. The minimum absolute atomic E-state index is 0.578. The molecule has 3 heterocycles. The molecule has 94 valence electrons. The van der Waals surface area contributed by atoms with E-state index in [-0.39, 0.29) is 0 Å². The smallest absolute Gasteiger partial charge is 0.180 e. The van der Waals surface area contributed by atoms with Crippen molar-refractivity contribution >= 4 is 17.0 Å². The Labute approximate surface area is 106 Å². The summed E-state index contributed by atoms with van der Waals surface area (Å²) in [7, 11) is 2.07. The van der Waals surface area contributed by atoms with E-state index >= 15 is 0 Å². The summed E-state index contributed by atoms with van der Waals surface area (Å²) in [5.74, 6) is 0.955. The summed E-state index contributed by atoms with van der Waals surface area (Å²) in [6.45, 7) is 2.12. The van der Waals surface area contributed by atoms with Gasteiger partial charge in [0, 0.05) is 32.0 Å². The molecule has 0 bridgehead atoms. The van der Waals surface area contributed by atoms with Crippen molar-refractivity contribution in [1.29, 1.82) is 0 Å². The molecule has 1 fully saturated rings. The highest BCUT2D eigenvalue weighted by Crippen LogP contribution is 2.15. The van der Waals surface area contributed by atoms with Gasteiger partial charge in [0.1, 0.15) is 11.3 Å². The normalized spacial score (nSPS) is 19.3. The first-order chi connectivity index (χ1) is 8.83. The van der Waals surface area contributed by atoms with E-state index in [4.69, 9.17) is 0 Å². The second kappa shape index (κ2) is 4.86. The maximum absolute atomic E-state index is 4.54. The minimum Gasteiger partial charge on any atom is -0.358 e. The first-order valence-electron chi connectivity index (χ1n) is 6.35. The van der Waals surface area contributed by atoms with E-state index in [1.165, 1.54) is 12.8 Å². The average Bonchev–Trinajstić information content (AvgIpc) is 2.91. The van der Waals surface area contributed by atoms with Crippen molar-refractivity contribution in [3.63, 3.8) is 0 Å². The van der Waals surface area contributed by atoms with E-state index in [2.05, 4.69) is 32.2 Å². The van der Waals surface area contributed by atoms with Crippen molar-refractivity contribution in [2.75, 3.05) is 25.0 Å². The van der Waals surface area contributed by atoms with Crippen LogP contribution in [-0.2, 0) is 0 Å². The maximum atomic E-state index is 4.54. The van der Waals surface area contributed by atoms with Crippen LogP contribution >= 0.6 is 0 Å². The number of rotatable bonds is 3. The second-order valence-electron chi connectivity index (χ2n) is 4.74. The summed E-state index contributed by atoms with van der Waals surface area (Å²) >= 11 is 0. The van der Waals surface area contributed by atoms with E-state index in [9.17, 15) is 0 Å². The Morgan fingerprint density at radius 1 is 1.33 bits per heavy atom. The highest BCUT2D eigenvalue weighted by atomic mass is 15.2. The van der Waals surface area contributed by atoms with Crippen LogP contribution in [0.15, 0.2) is 24.5 Å². The van der Waals surface area contributed by atoms with Crippen molar-refractivity contribution in [2.24, 2.45) is 0 Å². The highest BCUT2D eigenvalue weighted by Gasteiger charge is 2.16. The van der Waals surface area contributed by atoms with Crippen LogP contribution in [0.4, 0.5) is 5.82 Å². The third-order valence-electron chi connectivity index (χ3n) is 3.36. The van der Waals surface area contributed by atoms with Gasteiger partial charge < -0.3 is 10.2 Å². The number of likely N-dealkylation sites (N-methyl/N-ethyl adjacent to an activating group) is 1. The molecule has 0 aliphatic carbocycles. The zero-order valence-corrected chi connectivity index (χ0v) is 10.5. The van der Waals surface area contributed by atoms with E-state index < -0.39 is 0 Å². The second-order valence-corrected chi connectivity index (χ2v) is 4.74. The number of hydrogen-bond acceptors (Lipinski definition) is 5. The van der Waals surface area contributed by atoms with Crippen molar-refractivity contribution in [3.8, 4) is 0 Å². The molecule has 18 heavy (non-hydrogen) atoms. The third-order valence-corrected chi connectivity index (χ3v) is 3.36. The first kappa shape index (κ1) is 11.3. The molecule has 1 unspecified atom stereocenters.